The van der Waals surface area contributed by atoms with Crippen LogP contribution in [0.25, 0.3) is 21.8 Å². The zero-order valence-electron chi connectivity index (χ0n) is 20.6. The molecule has 0 atom stereocenters. The Morgan fingerprint density at radius 3 is 1.45 bits per heavy atom. The summed E-state index contributed by atoms with van der Waals surface area (Å²) in [5.41, 5.74) is 5.55. The molecule has 5 rings (SSSR count). The van der Waals surface area contributed by atoms with Crippen molar-refractivity contribution in [3.05, 3.63) is 47.5 Å². The van der Waals surface area contributed by atoms with Crippen LogP contribution in [0.4, 0.5) is 0 Å². The molecule has 2 fully saturated rings. The Hall–Kier alpha value is -1.84. The fourth-order valence-corrected chi connectivity index (χ4v) is 6.00. The first-order chi connectivity index (χ1) is 16.3. The first-order valence-electron chi connectivity index (χ1n) is 13.8. The summed E-state index contributed by atoms with van der Waals surface area (Å²) >= 11 is 0. The lowest BCUT2D eigenvalue weighted by Crippen LogP contribution is -2.30. The number of nitrogens with zero attached hydrogens (tertiary/aromatic N) is 2. The molecule has 2 aliphatic rings. The van der Waals surface area contributed by atoms with E-state index in [0.29, 0.717) is 0 Å². The highest BCUT2D eigenvalue weighted by molar-refractivity contribution is 6.07. The maximum absolute atomic E-state index is 3.64. The van der Waals surface area contributed by atoms with Crippen molar-refractivity contribution in [2.75, 3.05) is 39.3 Å². The molecule has 0 amide bonds. The van der Waals surface area contributed by atoms with Crippen molar-refractivity contribution in [3.63, 3.8) is 0 Å². The van der Waals surface area contributed by atoms with Crippen molar-refractivity contribution < 1.29 is 0 Å². The molecule has 33 heavy (non-hydrogen) atoms. The third kappa shape index (κ3) is 6.19. The number of fused-ring (bicyclic) bond motifs is 3. The van der Waals surface area contributed by atoms with Crippen LogP contribution in [0.15, 0.2) is 36.4 Å². The molecule has 2 aliphatic heterocycles. The van der Waals surface area contributed by atoms with Crippen LogP contribution >= 0.6 is 0 Å². The lowest BCUT2D eigenvalue weighted by molar-refractivity contribution is 0.225. The van der Waals surface area contributed by atoms with Gasteiger partial charge in [0.25, 0.3) is 0 Å². The molecule has 178 valence electrons. The fraction of sp³-hybridized carbons (Fsp3) is 0.600. The lowest BCUT2D eigenvalue weighted by atomic mass is 10.0. The van der Waals surface area contributed by atoms with E-state index < -0.39 is 0 Å². The second kappa shape index (κ2) is 11.5. The minimum absolute atomic E-state index is 1.20. The van der Waals surface area contributed by atoms with Crippen LogP contribution in [0.3, 0.4) is 0 Å². The molecule has 0 unspecified atom stereocenters. The molecule has 0 radical (unpaired) electrons. The van der Waals surface area contributed by atoms with Crippen molar-refractivity contribution in [1.82, 2.24) is 14.8 Å². The van der Waals surface area contributed by atoms with E-state index in [2.05, 4.69) is 51.2 Å². The van der Waals surface area contributed by atoms with Gasteiger partial charge in [-0.2, -0.15) is 0 Å². The summed E-state index contributed by atoms with van der Waals surface area (Å²) in [7, 11) is 0. The van der Waals surface area contributed by atoms with Gasteiger partial charge in [-0.3, -0.25) is 0 Å². The first-order valence-corrected chi connectivity index (χ1v) is 13.8. The highest BCUT2D eigenvalue weighted by atomic mass is 15.1. The Bertz CT molecular complexity index is 928. The van der Waals surface area contributed by atoms with Crippen LogP contribution in [0.2, 0.25) is 0 Å². The molecule has 0 bridgehead atoms. The molecule has 1 aromatic heterocycles. The summed E-state index contributed by atoms with van der Waals surface area (Å²) in [6.45, 7) is 7.86. The summed E-state index contributed by atoms with van der Waals surface area (Å²) in [6, 6.07) is 14.2. The van der Waals surface area contributed by atoms with Crippen molar-refractivity contribution in [2.45, 2.75) is 77.0 Å². The minimum atomic E-state index is 1.20. The Morgan fingerprint density at radius 2 is 1.00 bits per heavy atom. The van der Waals surface area contributed by atoms with Gasteiger partial charge in [-0.25, -0.2) is 0 Å². The highest BCUT2D eigenvalue weighted by Gasteiger charge is 2.11. The van der Waals surface area contributed by atoms with Gasteiger partial charge in [-0.05, 0) is 139 Å². The average Bonchev–Trinajstić information content (AvgIpc) is 3.23. The van der Waals surface area contributed by atoms with E-state index in [-0.39, 0.29) is 0 Å². The molecule has 2 aromatic carbocycles. The van der Waals surface area contributed by atoms with Crippen LogP contribution in [0.1, 0.15) is 75.3 Å². The quantitative estimate of drug-likeness (QED) is 0.342. The SMILES string of the molecule is c1cc2[nH]c3ccc(CCCCN4CCCCC4)cc3c2cc1CCCCN1CCCCC1. The Kier molecular flexibility index (Phi) is 8.01. The van der Waals surface area contributed by atoms with Gasteiger partial charge in [-0.1, -0.05) is 25.0 Å². The van der Waals surface area contributed by atoms with E-state index in [4.69, 9.17) is 0 Å². The molecule has 3 heteroatoms. The summed E-state index contributed by atoms with van der Waals surface area (Å²) in [5, 5.41) is 2.82. The molecular formula is C30H43N3. The minimum Gasteiger partial charge on any atom is -0.355 e. The van der Waals surface area contributed by atoms with Crippen molar-refractivity contribution in [2.24, 2.45) is 0 Å². The molecule has 0 saturated carbocycles. The normalized spacial score (nSPS) is 18.4. The summed E-state index contributed by atoms with van der Waals surface area (Å²) in [6.07, 6.45) is 16.1. The van der Waals surface area contributed by atoms with E-state index >= 15 is 0 Å². The third-order valence-corrected chi connectivity index (χ3v) is 8.00. The van der Waals surface area contributed by atoms with E-state index in [1.165, 1.54) is 149 Å². The average molecular weight is 446 g/mol. The van der Waals surface area contributed by atoms with E-state index in [1.54, 1.807) is 0 Å². The van der Waals surface area contributed by atoms with Gasteiger partial charge in [0.05, 0.1) is 0 Å². The number of hydrogen-bond acceptors (Lipinski definition) is 2. The van der Waals surface area contributed by atoms with E-state index in [0.717, 1.165) is 0 Å². The number of rotatable bonds is 10. The van der Waals surface area contributed by atoms with Crippen LogP contribution in [-0.2, 0) is 12.8 Å². The number of aromatic amines is 1. The zero-order valence-corrected chi connectivity index (χ0v) is 20.6. The molecule has 3 aromatic rings. The monoisotopic (exact) mass is 445 g/mol. The summed E-state index contributed by atoms with van der Waals surface area (Å²) < 4.78 is 0. The molecule has 3 nitrogen and oxygen atoms in total. The predicted molar refractivity (Wildman–Crippen MR) is 142 cm³/mol. The number of aryl methyl sites for hydroxylation is 2. The molecule has 0 aliphatic carbocycles. The molecule has 0 spiro atoms. The number of benzene rings is 2. The third-order valence-electron chi connectivity index (χ3n) is 8.00. The van der Waals surface area contributed by atoms with Crippen LogP contribution in [0.5, 0.6) is 0 Å². The second-order valence-electron chi connectivity index (χ2n) is 10.6. The number of hydrogen-bond donors (Lipinski definition) is 1. The van der Waals surface area contributed by atoms with Crippen molar-refractivity contribution >= 4 is 21.8 Å². The van der Waals surface area contributed by atoms with Crippen LogP contribution in [0, 0.1) is 0 Å². The smallest absolute Gasteiger partial charge is 0.0465 e. The Balaban J connectivity index is 1.16. The Morgan fingerprint density at radius 1 is 0.545 bits per heavy atom. The van der Waals surface area contributed by atoms with E-state index in [9.17, 15) is 0 Å². The van der Waals surface area contributed by atoms with Gasteiger partial charge in [-0.15, -0.1) is 0 Å². The maximum atomic E-state index is 3.64. The first kappa shape index (κ1) is 22.9. The molecular weight excluding hydrogens is 402 g/mol. The summed E-state index contributed by atoms with van der Waals surface area (Å²) in [4.78, 5) is 8.97. The molecule has 1 N–H and O–H groups in total. The van der Waals surface area contributed by atoms with Gasteiger partial charge < -0.3 is 14.8 Å². The number of unbranched alkanes of at least 4 members (excludes halogenated alkanes) is 2. The van der Waals surface area contributed by atoms with Gasteiger partial charge >= 0.3 is 0 Å². The second-order valence-corrected chi connectivity index (χ2v) is 10.6. The van der Waals surface area contributed by atoms with Gasteiger partial charge in [0.1, 0.15) is 0 Å². The zero-order chi connectivity index (χ0) is 22.3. The number of H-pyrrole nitrogens is 1. The molecule has 2 saturated heterocycles. The van der Waals surface area contributed by atoms with Crippen molar-refractivity contribution in [3.8, 4) is 0 Å². The lowest BCUT2D eigenvalue weighted by Gasteiger charge is -2.26. The number of aromatic nitrogens is 1. The van der Waals surface area contributed by atoms with Gasteiger partial charge in [0, 0.05) is 21.8 Å². The topological polar surface area (TPSA) is 22.3 Å². The van der Waals surface area contributed by atoms with Gasteiger partial charge in [0.2, 0.25) is 0 Å². The van der Waals surface area contributed by atoms with Crippen LogP contribution < -0.4 is 0 Å². The van der Waals surface area contributed by atoms with Gasteiger partial charge in [0.15, 0.2) is 0 Å². The van der Waals surface area contributed by atoms with Crippen molar-refractivity contribution in [1.29, 1.82) is 0 Å². The number of likely N-dealkylation sites (tertiary alicyclic amines) is 2. The number of piperidine rings is 2. The standard InChI is InChI=1S/C30H43N3/c1-5-17-32(18-6-1)21-9-3-11-25-13-15-29-27(23-25)28-24-26(14-16-30(28)31-29)12-4-10-22-33-19-7-2-8-20-33/h13-16,23-24,31H,1-12,17-22H2. The van der Waals surface area contributed by atoms with E-state index in [1.807, 2.05) is 0 Å². The molecule has 3 heterocycles. The maximum Gasteiger partial charge on any atom is 0.0465 e. The summed E-state index contributed by atoms with van der Waals surface area (Å²) in [5.74, 6) is 0. The Labute approximate surface area is 200 Å². The highest BCUT2D eigenvalue weighted by Crippen LogP contribution is 2.28. The fourth-order valence-electron chi connectivity index (χ4n) is 6.00. The largest absolute Gasteiger partial charge is 0.355 e. The van der Waals surface area contributed by atoms with Crippen LogP contribution in [-0.4, -0.2) is 54.1 Å². The predicted octanol–water partition coefficient (Wildman–Crippen LogP) is 6.94. The number of nitrogens with one attached hydrogen (secondary N) is 1.